The van der Waals surface area contributed by atoms with E-state index in [1.54, 1.807) is 24.1 Å². The van der Waals surface area contributed by atoms with Crippen molar-refractivity contribution < 1.29 is 14.7 Å². The van der Waals surface area contributed by atoms with Crippen LogP contribution >= 0.6 is 11.3 Å². The summed E-state index contributed by atoms with van der Waals surface area (Å²) in [6.45, 7) is 5.55. The van der Waals surface area contributed by atoms with Crippen LogP contribution in [0, 0.1) is 0 Å². The van der Waals surface area contributed by atoms with Gasteiger partial charge < -0.3 is 20.2 Å². The van der Waals surface area contributed by atoms with Gasteiger partial charge in [0.15, 0.2) is 10.8 Å². The second-order valence-corrected chi connectivity index (χ2v) is 11.8. The second kappa shape index (κ2) is 11.6. The lowest BCUT2D eigenvalue weighted by Gasteiger charge is -2.43. The molecule has 2 N–H and O–H groups in total. The average Bonchev–Trinajstić information content (AvgIpc) is 3.52. The van der Waals surface area contributed by atoms with Crippen molar-refractivity contribution in [2.75, 3.05) is 38.0 Å². The Morgan fingerprint density at radius 1 is 1.02 bits per heavy atom. The van der Waals surface area contributed by atoms with Gasteiger partial charge >= 0.3 is 0 Å². The zero-order valence-corrected chi connectivity index (χ0v) is 23.5. The largest absolute Gasteiger partial charge is 0.390 e. The molecule has 2 aromatic heterocycles. The molecule has 2 saturated heterocycles. The number of thiazole rings is 1. The third-order valence-electron chi connectivity index (χ3n) is 8.32. The number of piperidine rings is 2. The van der Waals surface area contributed by atoms with Gasteiger partial charge in [-0.2, -0.15) is 0 Å². The molecule has 210 valence electrons. The number of aliphatic hydroxyl groups is 1. The van der Waals surface area contributed by atoms with Gasteiger partial charge in [-0.3, -0.25) is 14.5 Å². The third-order valence-corrected chi connectivity index (χ3v) is 9.09. The quantitative estimate of drug-likeness (QED) is 0.489. The second-order valence-electron chi connectivity index (χ2n) is 10.9. The van der Waals surface area contributed by atoms with Gasteiger partial charge in [-0.25, -0.2) is 15.0 Å². The van der Waals surface area contributed by atoms with Gasteiger partial charge in [-0.05, 0) is 36.8 Å². The Morgan fingerprint density at radius 2 is 1.80 bits per heavy atom. The number of amides is 2. The summed E-state index contributed by atoms with van der Waals surface area (Å²) in [7, 11) is 0. The molecule has 6 rings (SSSR count). The molecule has 10 nitrogen and oxygen atoms in total. The van der Waals surface area contributed by atoms with Crippen LogP contribution in [0.15, 0.2) is 41.9 Å². The first-order valence-electron chi connectivity index (χ1n) is 14.0. The van der Waals surface area contributed by atoms with Crippen molar-refractivity contribution in [2.45, 2.75) is 57.3 Å². The first-order valence-corrected chi connectivity index (χ1v) is 14.9. The van der Waals surface area contributed by atoms with Crippen molar-refractivity contribution >= 4 is 29.0 Å². The highest BCUT2D eigenvalue weighted by atomic mass is 32.1. The maximum atomic E-state index is 13.7. The number of nitrogens with zero attached hydrogens (tertiary/aromatic N) is 6. The van der Waals surface area contributed by atoms with Gasteiger partial charge in [0.2, 0.25) is 5.91 Å². The number of aromatic nitrogens is 3. The number of benzene rings is 1. The number of carbonyl (C=O) groups is 2. The van der Waals surface area contributed by atoms with E-state index < -0.39 is 6.10 Å². The minimum absolute atomic E-state index is 0.0202. The number of β-amino-alcohol motifs (C(OH)–C–C–N with tert-alkyl or cyclic N) is 1. The van der Waals surface area contributed by atoms with E-state index in [9.17, 15) is 14.7 Å². The third kappa shape index (κ3) is 5.72. The first-order chi connectivity index (χ1) is 19.4. The highest BCUT2D eigenvalue weighted by Gasteiger charge is 2.36. The van der Waals surface area contributed by atoms with Crippen LogP contribution in [0.5, 0.6) is 0 Å². The smallest absolute Gasteiger partial charge is 0.272 e. The zero-order chi connectivity index (χ0) is 27.6. The van der Waals surface area contributed by atoms with Crippen LogP contribution in [-0.2, 0) is 17.8 Å². The molecule has 3 aromatic rings. The molecule has 5 heterocycles. The summed E-state index contributed by atoms with van der Waals surface area (Å²) in [5.41, 5.74) is 3.00. The number of hydrogen-bond acceptors (Lipinski definition) is 9. The van der Waals surface area contributed by atoms with E-state index in [1.165, 1.54) is 22.5 Å². The highest BCUT2D eigenvalue weighted by molar-refractivity contribution is 7.13. The normalized spacial score (nSPS) is 22.1. The van der Waals surface area contributed by atoms with E-state index in [4.69, 9.17) is 0 Å². The van der Waals surface area contributed by atoms with Crippen LogP contribution in [0.25, 0.3) is 10.8 Å². The Bertz CT molecular complexity index is 1360. The molecule has 2 unspecified atom stereocenters. The highest BCUT2D eigenvalue weighted by Crippen LogP contribution is 2.27. The lowest BCUT2D eigenvalue weighted by atomic mass is 9.94. The predicted octanol–water partition coefficient (Wildman–Crippen LogP) is 2.66. The topological polar surface area (TPSA) is 115 Å². The number of carbonyl (C=O) groups excluding carboxylic acids is 2. The lowest BCUT2D eigenvalue weighted by molar-refractivity contribution is -0.129. The molecule has 2 fully saturated rings. The Hall–Kier alpha value is -3.41. The van der Waals surface area contributed by atoms with Gasteiger partial charge in [0.1, 0.15) is 11.5 Å². The van der Waals surface area contributed by atoms with Crippen molar-refractivity contribution in [3.05, 3.63) is 58.7 Å². The molecule has 1 aromatic carbocycles. The average molecular weight is 562 g/mol. The van der Waals surface area contributed by atoms with Crippen molar-refractivity contribution in [3.8, 4) is 10.8 Å². The van der Waals surface area contributed by atoms with Crippen molar-refractivity contribution in [2.24, 2.45) is 0 Å². The zero-order valence-electron chi connectivity index (χ0n) is 22.7. The summed E-state index contributed by atoms with van der Waals surface area (Å²) >= 11 is 1.42. The summed E-state index contributed by atoms with van der Waals surface area (Å²) in [4.78, 5) is 45.0. The molecule has 40 heavy (non-hydrogen) atoms. The number of rotatable bonds is 5. The molecule has 3 aliphatic rings. The van der Waals surface area contributed by atoms with Crippen LogP contribution in [0.4, 0.5) is 5.82 Å². The van der Waals surface area contributed by atoms with E-state index in [-0.39, 0.29) is 30.4 Å². The number of hydrogen-bond donors (Lipinski definition) is 2. The number of likely N-dealkylation sites (tertiary alicyclic amines) is 2. The van der Waals surface area contributed by atoms with Crippen LogP contribution < -0.4 is 5.32 Å². The summed E-state index contributed by atoms with van der Waals surface area (Å²) in [5, 5.41) is 17.1. The number of aliphatic hydroxyl groups excluding tert-OH is 1. The monoisotopic (exact) mass is 561 g/mol. The van der Waals surface area contributed by atoms with E-state index in [0.29, 0.717) is 48.4 Å². The fourth-order valence-electron chi connectivity index (χ4n) is 6.10. The minimum atomic E-state index is -0.632. The Labute approximate surface area is 238 Å². The molecule has 3 aliphatic heterocycles. The van der Waals surface area contributed by atoms with Crippen LogP contribution in [-0.4, -0.2) is 97.5 Å². The van der Waals surface area contributed by atoms with Crippen molar-refractivity contribution in [1.29, 1.82) is 0 Å². The maximum Gasteiger partial charge on any atom is 0.272 e. The summed E-state index contributed by atoms with van der Waals surface area (Å²) in [6, 6.07) is 10.4. The fourth-order valence-corrected chi connectivity index (χ4v) is 6.67. The number of fused-ring (bicyclic) bond motifs is 1. The molecule has 2 amide bonds. The van der Waals surface area contributed by atoms with Gasteiger partial charge in [0.05, 0.1) is 6.10 Å². The Balaban J connectivity index is 1.15. The predicted molar refractivity (Wildman–Crippen MR) is 153 cm³/mol. The molecule has 0 bridgehead atoms. The summed E-state index contributed by atoms with van der Waals surface area (Å²) in [6.07, 6.45) is 4.36. The standard InChI is InChI=1S/C29H35N7O3S/c1-19(37)34-12-7-22(8-13-34)31-26-16-23(32-27(33-26)28-30-10-15-40-28)29(39)36-14-9-24(25(38)18-36)35-11-6-20-4-2-3-5-21(20)17-35/h2-5,10,15-16,22,24-25,38H,6-9,11-14,17-18H2,1H3,(H,31,32,33). The number of nitrogens with one attached hydrogen (secondary N) is 1. The van der Waals surface area contributed by atoms with E-state index >= 15 is 0 Å². The Kier molecular flexibility index (Phi) is 7.77. The summed E-state index contributed by atoms with van der Waals surface area (Å²) in [5.74, 6) is 0.866. The van der Waals surface area contributed by atoms with Gasteiger partial charge in [0, 0.05) is 75.9 Å². The van der Waals surface area contributed by atoms with Gasteiger partial charge in [0.25, 0.3) is 5.91 Å². The Morgan fingerprint density at radius 3 is 2.52 bits per heavy atom. The lowest BCUT2D eigenvalue weighted by Crippen LogP contribution is -2.56. The number of anilines is 1. The molecule has 0 radical (unpaired) electrons. The SMILES string of the molecule is CC(=O)N1CCC(Nc2cc(C(=O)N3CCC(N4CCc5ccccc5C4)C(O)C3)nc(-c3nccs3)n2)CC1. The molecular formula is C29H35N7O3S. The minimum Gasteiger partial charge on any atom is -0.390 e. The molecule has 11 heteroatoms. The summed E-state index contributed by atoms with van der Waals surface area (Å²) < 4.78 is 0. The van der Waals surface area contributed by atoms with E-state index in [0.717, 1.165) is 32.4 Å². The van der Waals surface area contributed by atoms with Crippen molar-refractivity contribution in [1.82, 2.24) is 29.7 Å². The van der Waals surface area contributed by atoms with Gasteiger partial charge in [-0.15, -0.1) is 11.3 Å². The first kappa shape index (κ1) is 26.8. The molecule has 0 aliphatic carbocycles. The van der Waals surface area contributed by atoms with Crippen LogP contribution in [0.1, 0.15) is 47.8 Å². The molecule has 2 atom stereocenters. The molecular weight excluding hydrogens is 526 g/mol. The van der Waals surface area contributed by atoms with Crippen molar-refractivity contribution in [3.63, 3.8) is 0 Å². The van der Waals surface area contributed by atoms with Crippen LogP contribution in [0.2, 0.25) is 0 Å². The van der Waals surface area contributed by atoms with E-state index in [1.807, 2.05) is 10.3 Å². The van der Waals surface area contributed by atoms with E-state index in [2.05, 4.69) is 49.4 Å². The van der Waals surface area contributed by atoms with Crippen LogP contribution in [0.3, 0.4) is 0 Å². The van der Waals surface area contributed by atoms with Gasteiger partial charge in [-0.1, -0.05) is 24.3 Å². The molecule has 0 spiro atoms. The maximum absolute atomic E-state index is 13.7. The molecule has 0 saturated carbocycles. The fraction of sp³-hybridized carbons (Fsp3) is 0.483.